The molecule has 0 aliphatic carbocycles. The first-order valence-electron chi connectivity index (χ1n) is 11.3. The van der Waals surface area contributed by atoms with Gasteiger partial charge in [0.1, 0.15) is 17.1 Å². The van der Waals surface area contributed by atoms with E-state index in [4.69, 9.17) is 18.6 Å². The summed E-state index contributed by atoms with van der Waals surface area (Å²) in [5.41, 5.74) is 2.28. The maximum atomic E-state index is 13.5. The summed E-state index contributed by atoms with van der Waals surface area (Å²) in [6.07, 6.45) is -0.642. The third-order valence-electron chi connectivity index (χ3n) is 5.66. The second kappa shape index (κ2) is 10.3. The second-order valence-electron chi connectivity index (χ2n) is 8.02. The fraction of sp³-hybridized carbons (Fsp3) is 0.214. The van der Waals surface area contributed by atoms with Gasteiger partial charge in [-0.25, -0.2) is 0 Å². The number of amides is 1. The Bertz CT molecular complexity index is 1410. The van der Waals surface area contributed by atoms with E-state index >= 15 is 0 Å². The van der Waals surface area contributed by atoms with Crippen LogP contribution in [0.1, 0.15) is 18.9 Å². The molecule has 0 bridgehead atoms. The fourth-order valence-electron chi connectivity index (χ4n) is 3.72. The van der Waals surface area contributed by atoms with Gasteiger partial charge in [0, 0.05) is 11.6 Å². The lowest BCUT2D eigenvalue weighted by atomic mass is 10.1. The number of fused-ring (bicyclic) bond motifs is 1. The van der Waals surface area contributed by atoms with Crippen LogP contribution >= 0.6 is 0 Å². The summed E-state index contributed by atoms with van der Waals surface area (Å²) in [5, 5.41) is 3.21. The van der Waals surface area contributed by atoms with Crippen molar-refractivity contribution in [2.45, 2.75) is 26.4 Å². The molecule has 35 heavy (non-hydrogen) atoms. The second-order valence-corrected chi connectivity index (χ2v) is 8.02. The monoisotopic (exact) mass is 473 g/mol. The zero-order chi connectivity index (χ0) is 24.9. The molecule has 0 saturated carbocycles. The van der Waals surface area contributed by atoms with Crippen LogP contribution in [0.2, 0.25) is 0 Å². The first-order valence-corrected chi connectivity index (χ1v) is 11.3. The number of aryl methyl sites for hydroxylation is 1. The van der Waals surface area contributed by atoms with Gasteiger partial charge in [-0.05, 0) is 37.6 Å². The number of para-hydroxylation sites is 1. The number of ether oxygens (including phenoxy) is 3. The molecule has 1 atom stereocenters. The van der Waals surface area contributed by atoms with E-state index in [1.54, 1.807) is 49.4 Å². The smallest absolute Gasteiger partial charge is 0.265 e. The van der Waals surface area contributed by atoms with Gasteiger partial charge >= 0.3 is 0 Å². The average molecular weight is 474 g/mol. The lowest BCUT2D eigenvalue weighted by molar-refractivity contribution is -0.122. The Hall–Kier alpha value is -4.26. The predicted octanol–water partition coefficient (Wildman–Crippen LogP) is 5.58. The van der Waals surface area contributed by atoms with Crippen molar-refractivity contribution in [3.8, 4) is 28.6 Å². The third kappa shape index (κ3) is 4.99. The molecule has 0 aliphatic heterocycles. The lowest BCUT2D eigenvalue weighted by Gasteiger charge is -2.20. The molecule has 0 spiro atoms. The van der Waals surface area contributed by atoms with Crippen LogP contribution < -0.4 is 25.0 Å². The molecule has 4 aromatic rings. The number of carbonyl (C=O) groups excluding carboxylic acids is 1. The van der Waals surface area contributed by atoms with Gasteiger partial charge < -0.3 is 23.9 Å². The van der Waals surface area contributed by atoms with Crippen molar-refractivity contribution >= 4 is 22.6 Å². The lowest BCUT2D eigenvalue weighted by Crippen LogP contribution is -2.34. The molecule has 1 aromatic heterocycles. The van der Waals surface area contributed by atoms with Gasteiger partial charge in [-0.2, -0.15) is 0 Å². The zero-order valence-electron chi connectivity index (χ0n) is 20.1. The van der Waals surface area contributed by atoms with Gasteiger partial charge in [-0.3, -0.25) is 9.59 Å². The maximum Gasteiger partial charge on any atom is 0.265 e. The Balaban J connectivity index is 1.74. The number of rotatable bonds is 8. The molecule has 7 heteroatoms. The van der Waals surface area contributed by atoms with Crippen molar-refractivity contribution in [1.29, 1.82) is 0 Å². The van der Waals surface area contributed by atoms with E-state index in [1.165, 1.54) is 14.2 Å². The largest absolute Gasteiger partial charge is 0.497 e. The van der Waals surface area contributed by atoms with Crippen LogP contribution in [0, 0.1) is 6.92 Å². The van der Waals surface area contributed by atoms with Gasteiger partial charge in [-0.15, -0.1) is 0 Å². The van der Waals surface area contributed by atoms with Crippen LogP contribution in [-0.2, 0) is 4.79 Å². The SMILES string of the molecule is CCC(Oc1c(-c2ccc(C)cc2)oc2ccccc2c1=O)C(=O)Nc1cc(OC)ccc1OC. The van der Waals surface area contributed by atoms with Crippen molar-refractivity contribution in [1.82, 2.24) is 0 Å². The molecular weight excluding hydrogens is 446 g/mol. The van der Waals surface area contributed by atoms with Crippen LogP contribution in [0.3, 0.4) is 0 Å². The van der Waals surface area contributed by atoms with Gasteiger partial charge in [0.25, 0.3) is 5.91 Å². The highest BCUT2D eigenvalue weighted by Gasteiger charge is 2.25. The quantitative estimate of drug-likeness (QED) is 0.359. The third-order valence-corrected chi connectivity index (χ3v) is 5.66. The van der Waals surface area contributed by atoms with Crippen molar-refractivity contribution < 1.29 is 23.4 Å². The molecule has 1 unspecified atom stereocenters. The topological polar surface area (TPSA) is 87.0 Å². The van der Waals surface area contributed by atoms with E-state index in [2.05, 4.69) is 5.32 Å². The maximum absolute atomic E-state index is 13.5. The van der Waals surface area contributed by atoms with Crippen molar-refractivity contribution in [3.63, 3.8) is 0 Å². The van der Waals surface area contributed by atoms with Gasteiger partial charge in [0.05, 0.1) is 25.3 Å². The van der Waals surface area contributed by atoms with Crippen LogP contribution in [0.15, 0.2) is 75.9 Å². The summed E-state index contributed by atoms with van der Waals surface area (Å²) in [6, 6.07) is 19.6. The van der Waals surface area contributed by atoms with Crippen molar-refractivity contribution in [2.24, 2.45) is 0 Å². The van der Waals surface area contributed by atoms with Gasteiger partial charge in [0.15, 0.2) is 11.9 Å². The highest BCUT2D eigenvalue weighted by molar-refractivity contribution is 5.96. The predicted molar refractivity (Wildman–Crippen MR) is 136 cm³/mol. The van der Waals surface area contributed by atoms with E-state index in [-0.39, 0.29) is 16.9 Å². The molecule has 180 valence electrons. The summed E-state index contributed by atoms with van der Waals surface area (Å²) >= 11 is 0. The average Bonchev–Trinajstić information content (AvgIpc) is 2.88. The summed E-state index contributed by atoms with van der Waals surface area (Å²) in [7, 11) is 3.05. The molecule has 0 aliphatic rings. The Morgan fingerprint density at radius 2 is 1.74 bits per heavy atom. The van der Waals surface area contributed by atoms with Gasteiger partial charge in [0.2, 0.25) is 11.2 Å². The Morgan fingerprint density at radius 1 is 1.00 bits per heavy atom. The number of carbonyl (C=O) groups is 1. The normalized spacial score (nSPS) is 11.7. The minimum absolute atomic E-state index is 0.00726. The highest BCUT2D eigenvalue weighted by Crippen LogP contribution is 2.33. The van der Waals surface area contributed by atoms with Crippen molar-refractivity contribution in [2.75, 3.05) is 19.5 Å². The van der Waals surface area contributed by atoms with E-state index in [9.17, 15) is 9.59 Å². The minimum atomic E-state index is -0.959. The summed E-state index contributed by atoms with van der Waals surface area (Å²) < 4.78 is 22.8. The molecule has 1 N–H and O–H groups in total. The number of hydrogen-bond acceptors (Lipinski definition) is 6. The summed E-state index contributed by atoms with van der Waals surface area (Å²) in [5.74, 6) is 0.874. The van der Waals surface area contributed by atoms with Crippen LogP contribution in [0.4, 0.5) is 5.69 Å². The van der Waals surface area contributed by atoms with E-state index in [0.717, 1.165) is 5.56 Å². The number of hydrogen-bond donors (Lipinski definition) is 1. The van der Waals surface area contributed by atoms with E-state index in [1.807, 2.05) is 31.2 Å². The molecule has 0 radical (unpaired) electrons. The molecule has 0 fully saturated rings. The van der Waals surface area contributed by atoms with Crippen LogP contribution in [-0.4, -0.2) is 26.2 Å². The minimum Gasteiger partial charge on any atom is -0.497 e. The fourth-order valence-corrected chi connectivity index (χ4v) is 3.72. The molecule has 0 saturated heterocycles. The first-order chi connectivity index (χ1) is 16.9. The molecule has 1 heterocycles. The van der Waals surface area contributed by atoms with Crippen molar-refractivity contribution in [3.05, 3.63) is 82.5 Å². The Morgan fingerprint density at radius 3 is 2.43 bits per heavy atom. The van der Waals surface area contributed by atoms with Gasteiger partial charge in [-0.1, -0.05) is 48.9 Å². The molecular formula is C28H27NO6. The number of methoxy groups -OCH3 is 2. The number of nitrogens with one attached hydrogen (secondary N) is 1. The molecule has 4 rings (SSSR count). The molecule has 1 amide bonds. The molecule has 3 aromatic carbocycles. The standard InChI is InChI=1S/C28H27NO6/c1-5-22(28(31)29-21-16-19(32-3)14-15-24(21)33-4)34-27-25(30)20-8-6-7-9-23(20)35-26(27)18-12-10-17(2)11-13-18/h6-16,22H,5H2,1-4H3,(H,29,31). The zero-order valence-corrected chi connectivity index (χ0v) is 20.1. The van der Waals surface area contributed by atoms with Crippen LogP contribution in [0.5, 0.6) is 17.2 Å². The first kappa shape index (κ1) is 23.9. The van der Waals surface area contributed by atoms with E-state index < -0.39 is 12.0 Å². The highest BCUT2D eigenvalue weighted by atomic mass is 16.5. The van der Waals surface area contributed by atoms with E-state index in [0.29, 0.717) is 40.1 Å². The Labute approximate surface area is 203 Å². The number of anilines is 1. The number of benzene rings is 3. The summed E-state index contributed by atoms with van der Waals surface area (Å²) in [6.45, 7) is 3.78. The van der Waals surface area contributed by atoms with Crippen LogP contribution in [0.25, 0.3) is 22.3 Å². The Kier molecular flexibility index (Phi) is 7.06. The molecule has 7 nitrogen and oxygen atoms in total. The summed E-state index contributed by atoms with van der Waals surface area (Å²) in [4.78, 5) is 26.7.